The number of amides is 1. The molecule has 2 aromatic carbocycles. The van der Waals surface area contributed by atoms with Gasteiger partial charge in [-0.05, 0) is 38.0 Å². The van der Waals surface area contributed by atoms with Crippen molar-refractivity contribution >= 4 is 28.6 Å². The molecule has 0 saturated carbocycles. The molecule has 1 aliphatic heterocycles. The summed E-state index contributed by atoms with van der Waals surface area (Å²) < 4.78 is 7.18. The minimum atomic E-state index is -0.0440. The topological polar surface area (TPSA) is 67.7 Å². The highest BCUT2D eigenvalue weighted by molar-refractivity contribution is 7.99. The van der Waals surface area contributed by atoms with Crippen molar-refractivity contribution in [2.24, 2.45) is 0 Å². The predicted octanol–water partition coefficient (Wildman–Crippen LogP) is 3.65. The summed E-state index contributed by atoms with van der Waals surface area (Å²) in [6, 6.07) is 17.5. The van der Waals surface area contributed by atoms with Crippen molar-refractivity contribution in [2.75, 3.05) is 38.6 Å². The number of nitrogens with zero attached hydrogens (tertiary/aromatic N) is 4. The van der Waals surface area contributed by atoms with Crippen LogP contribution in [0.5, 0.6) is 0 Å². The van der Waals surface area contributed by atoms with Crippen LogP contribution in [0, 0.1) is 0 Å². The number of hydrogen-bond acceptors (Lipinski definition) is 6. The second-order valence-corrected chi connectivity index (χ2v) is 10.0. The zero-order valence-electron chi connectivity index (χ0n) is 20.6. The van der Waals surface area contributed by atoms with Crippen molar-refractivity contribution < 1.29 is 9.53 Å². The highest BCUT2D eigenvalue weighted by atomic mass is 32.2. The van der Waals surface area contributed by atoms with Gasteiger partial charge in [-0.25, -0.2) is 4.98 Å². The van der Waals surface area contributed by atoms with E-state index in [0.29, 0.717) is 29.1 Å². The number of hydrogen-bond donors (Lipinski definition) is 0. The first-order valence-electron chi connectivity index (χ1n) is 12.3. The minimum absolute atomic E-state index is 0.0381. The third kappa shape index (κ3) is 6.72. The fourth-order valence-electron chi connectivity index (χ4n) is 4.28. The average molecular weight is 495 g/mol. The number of carbonyl (C=O) groups excluding carboxylic acids is 1. The van der Waals surface area contributed by atoms with Crippen molar-refractivity contribution in [1.29, 1.82) is 0 Å². The van der Waals surface area contributed by atoms with Gasteiger partial charge in [0.15, 0.2) is 5.16 Å². The van der Waals surface area contributed by atoms with Crippen molar-refractivity contribution in [3.8, 4) is 0 Å². The summed E-state index contributed by atoms with van der Waals surface area (Å²) in [5.41, 5.74) is 1.72. The third-order valence-electron chi connectivity index (χ3n) is 6.25. The van der Waals surface area contributed by atoms with E-state index in [-0.39, 0.29) is 23.3 Å². The number of carbonyl (C=O) groups is 1. The second-order valence-electron chi connectivity index (χ2n) is 9.07. The van der Waals surface area contributed by atoms with Crippen LogP contribution in [0.1, 0.15) is 25.8 Å². The first-order chi connectivity index (χ1) is 17.0. The Bertz CT molecular complexity index is 1180. The van der Waals surface area contributed by atoms with Crippen LogP contribution < -0.4 is 5.56 Å². The lowest BCUT2D eigenvalue weighted by Crippen LogP contribution is -2.38. The molecule has 0 N–H and O–H groups in total. The highest BCUT2D eigenvalue weighted by Crippen LogP contribution is 2.20. The van der Waals surface area contributed by atoms with Gasteiger partial charge >= 0.3 is 0 Å². The highest BCUT2D eigenvalue weighted by Gasteiger charge is 2.20. The van der Waals surface area contributed by atoms with Crippen LogP contribution in [0.3, 0.4) is 0 Å². The van der Waals surface area contributed by atoms with Crippen LogP contribution in [0.25, 0.3) is 10.9 Å². The van der Waals surface area contributed by atoms with Crippen LogP contribution in [0.4, 0.5) is 0 Å². The largest absolute Gasteiger partial charge is 0.379 e. The molecule has 0 aliphatic carbocycles. The molecule has 186 valence electrons. The van der Waals surface area contributed by atoms with Gasteiger partial charge in [0.05, 0.1) is 29.9 Å². The molecule has 0 radical (unpaired) electrons. The minimum Gasteiger partial charge on any atom is -0.379 e. The van der Waals surface area contributed by atoms with E-state index in [9.17, 15) is 9.59 Å². The van der Waals surface area contributed by atoms with E-state index in [2.05, 4.69) is 4.90 Å². The summed E-state index contributed by atoms with van der Waals surface area (Å²) in [7, 11) is 0. The molecule has 1 aromatic heterocycles. The number of morpholine rings is 1. The van der Waals surface area contributed by atoms with Crippen molar-refractivity contribution in [3.05, 3.63) is 70.5 Å². The lowest BCUT2D eigenvalue weighted by Gasteiger charge is -2.27. The van der Waals surface area contributed by atoms with Crippen LogP contribution in [0.15, 0.2) is 64.5 Å². The molecule has 8 heteroatoms. The Labute approximate surface area is 211 Å². The first kappa shape index (κ1) is 25.4. The maximum Gasteiger partial charge on any atom is 0.262 e. The summed E-state index contributed by atoms with van der Waals surface area (Å²) in [5.74, 6) is 0.273. The monoisotopic (exact) mass is 494 g/mol. The smallest absolute Gasteiger partial charge is 0.262 e. The molecule has 1 amide bonds. The lowest BCUT2D eigenvalue weighted by molar-refractivity contribution is -0.130. The number of fused-ring (bicyclic) bond motifs is 1. The number of para-hydroxylation sites is 1. The standard InChI is InChI=1S/C27H34N4O3S/c1-21(2)31(19-22-9-4-3-5-10-22)25(32)20-35-27-28-24-12-7-6-11-23(24)26(33)30(27)14-8-13-29-15-17-34-18-16-29/h3-7,9-12,21H,8,13-20H2,1-2H3. The van der Waals surface area contributed by atoms with Gasteiger partial charge in [-0.3, -0.25) is 19.1 Å². The maximum atomic E-state index is 13.3. The van der Waals surface area contributed by atoms with Gasteiger partial charge in [-0.15, -0.1) is 0 Å². The van der Waals surface area contributed by atoms with Crippen LogP contribution in [-0.4, -0.2) is 69.9 Å². The molecule has 35 heavy (non-hydrogen) atoms. The Balaban J connectivity index is 1.49. The van der Waals surface area contributed by atoms with Crippen molar-refractivity contribution in [3.63, 3.8) is 0 Å². The Hall–Kier alpha value is -2.68. The van der Waals surface area contributed by atoms with Crippen molar-refractivity contribution in [2.45, 2.75) is 44.6 Å². The number of aromatic nitrogens is 2. The SMILES string of the molecule is CC(C)N(Cc1ccccc1)C(=O)CSc1nc2ccccc2c(=O)n1CCCN1CCOCC1. The van der Waals surface area contributed by atoms with Gasteiger partial charge in [0.25, 0.3) is 5.56 Å². The van der Waals surface area contributed by atoms with E-state index in [1.165, 1.54) is 11.8 Å². The molecule has 1 saturated heterocycles. The van der Waals surface area contributed by atoms with Gasteiger partial charge in [0.2, 0.25) is 5.91 Å². The van der Waals surface area contributed by atoms with Crippen LogP contribution in [0.2, 0.25) is 0 Å². The Morgan fingerprint density at radius 1 is 1.06 bits per heavy atom. The van der Waals surface area contributed by atoms with Gasteiger partial charge in [0, 0.05) is 38.8 Å². The molecule has 0 spiro atoms. The van der Waals surface area contributed by atoms with Gasteiger partial charge in [-0.1, -0.05) is 54.2 Å². The molecular formula is C27H34N4O3S. The molecule has 0 unspecified atom stereocenters. The molecule has 0 bridgehead atoms. The van der Waals surface area contributed by atoms with E-state index in [4.69, 9.17) is 9.72 Å². The molecule has 7 nitrogen and oxygen atoms in total. The van der Waals surface area contributed by atoms with Crippen molar-refractivity contribution in [1.82, 2.24) is 19.4 Å². The molecule has 4 rings (SSSR count). The molecule has 2 heterocycles. The summed E-state index contributed by atoms with van der Waals surface area (Å²) in [4.78, 5) is 35.6. The van der Waals surface area contributed by atoms with E-state index in [1.54, 1.807) is 4.57 Å². The average Bonchev–Trinajstić information content (AvgIpc) is 2.88. The molecule has 1 fully saturated rings. The zero-order valence-corrected chi connectivity index (χ0v) is 21.4. The molecule has 3 aromatic rings. The zero-order chi connectivity index (χ0) is 24.6. The second kappa shape index (κ2) is 12.3. The fraction of sp³-hybridized carbons (Fsp3) is 0.444. The summed E-state index contributed by atoms with van der Waals surface area (Å²) in [6.07, 6.45) is 0.841. The lowest BCUT2D eigenvalue weighted by atomic mass is 10.2. The normalized spacial score (nSPS) is 14.5. The summed E-state index contributed by atoms with van der Waals surface area (Å²) in [6.45, 7) is 9.47. The van der Waals surface area contributed by atoms with Gasteiger partial charge in [-0.2, -0.15) is 0 Å². The predicted molar refractivity (Wildman–Crippen MR) is 141 cm³/mol. The number of thioether (sulfide) groups is 1. The first-order valence-corrected chi connectivity index (χ1v) is 13.3. The van der Waals surface area contributed by atoms with E-state index < -0.39 is 0 Å². The quantitative estimate of drug-likeness (QED) is 0.317. The summed E-state index contributed by atoms with van der Waals surface area (Å²) in [5, 5.41) is 1.22. The van der Waals surface area contributed by atoms with E-state index >= 15 is 0 Å². The molecule has 0 atom stereocenters. The van der Waals surface area contributed by atoms with Crippen LogP contribution in [-0.2, 0) is 22.6 Å². The van der Waals surface area contributed by atoms with Gasteiger partial charge < -0.3 is 9.64 Å². The third-order valence-corrected chi connectivity index (χ3v) is 7.21. The van der Waals surface area contributed by atoms with Gasteiger partial charge in [0.1, 0.15) is 0 Å². The molecular weight excluding hydrogens is 460 g/mol. The Morgan fingerprint density at radius 2 is 1.77 bits per heavy atom. The number of benzene rings is 2. The number of rotatable bonds is 10. The fourth-order valence-corrected chi connectivity index (χ4v) is 5.19. The Morgan fingerprint density at radius 3 is 2.51 bits per heavy atom. The van der Waals surface area contributed by atoms with E-state index in [0.717, 1.165) is 44.8 Å². The van der Waals surface area contributed by atoms with Crippen LogP contribution >= 0.6 is 11.8 Å². The van der Waals surface area contributed by atoms with E-state index in [1.807, 2.05) is 73.3 Å². The maximum absolute atomic E-state index is 13.3. The molecule has 1 aliphatic rings. The number of ether oxygens (including phenoxy) is 1. The Kier molecular flexibility index (Phi) is 8.95. The summed E-state index contributed by atoms with van der Waals surface area (Å²) >= 11 is 1.35.